The van der Waals surface area contributed by atoms with E-state index in [-0.39, 0.29) is 0 Å². The Balaban J connectivity index is 1.51. The minimum absolute atomic E-state index is 0.446. The lowest BCUT2D eigenvalue weighted by Crippen LogP contribution is -2.67. The third-order valence-corrected chi connectivity index (χ3v) is 7.81. The van der Waals surface area contributed by atoms with Crippen molar-refractivity contribution >= 4 is 0 Å². The number of aliphatic hydroxyl groups excluding tert-OH is 13. The molecule has 4 saturated heterocycles. The summed E-state index contributed by atoms with van der Waals surface area (Å²) in [6.45, 7) is -3.00. The zero-order valence-corrected chi connectivity index (χ0v) is 22.5. The monoisotopic (exact) mass is 636 g/mol. The second-order valence-corrected chi connectivity index (χ2v) is 10.7. The Labute approximate surface area is 243 Å². The highest BCUT2D eigenvalue weighted by Gasteiger charge is 2.55. The van der Waals surface area contributed by atoms with E-state index in [9.17, 15) is 66.4 Å². The third-order valence-electron chi connectivity index (χ3n) is 7.81. The molecule has 0 spiro atoms. The Hall–Kier alpha value is -0.800. The minimum Gasteiger partial charge on any atom is -0.394 e. The van der Waals surface area contributed by atoms with Crippen molar-refractivity contribution in [3.05, 3.63) is 0 Å². The summed E-state index contributed by atoms with van der Waals surface area (Å²) in [6, 6.07) is 0. The molecule has 4 fully saturated rings. The number of hydrogen-bond donors (Lipinski definition) is 13. The molecule has 0 aromatic carbocycles. The lowest BCUT2D eigenvalue weighted by molar-refractivity contribution is -0.390. The van der Waals surface area contributed by atoms with Gasteiger partial charge in [-0.05, 0) is 0 Å². The number of aliphatic hydroxyl groups is 13. The molecule has 0 radical (unpaired) electrons. The number of ether oxygens (including phenoxy) is 7. The van der Waals surface area contributed by atoms with Gasteiger partial charge in [-0.3, -0.25) is 0 Å². The van der Waals surface area contributed by atoms with Crippen molar-refractivity contribution in [3.63, 3.8) is 0 Å². The molecule has 0 amide bonds. The summed E-state index contributed by atoms with van der Waals surface area (Å²) >= 11 is 0. The Bertz CT molecular complexity index is 867. The largest absolute Gasteiger partial charge is 0.394 e. The van der Waals surface area contributed by atoms with Crippen molar-refractivity contribution in [2.75, 3.05) is 26.4 Å². The normalized spacial score (nSPS) is 53.1. The Morgan fingerprint density at radius 1 is 0.442 bits per heavy atom. The van der Waals surface area contributed by atoms with Gasteiger partial charge in [0.2, 0.25) is 0 Å². The van der Waals surface area contributed by atoms with Crippen LogP contribution < -0.4 is 0 Å². The van der Waals surface area contributed by atoms with E-state index in [1.807, 2.05) is 0 Å². The van der Waals surface area contributed by atoms with Crippen LogP contribution in [0.2, 0.25) is 0 Å². The summed E-state index contributed by atoms with van der Waals surface area (Å²) in [5.74, 6) is 0. The molecule has 0 aromatic rings. The van der Waals surface area contributed by atoms with Crippen LogP contribution in [0.4, 0.5) is 0 Å². The molecule has 0 aliphatic carbocycles. The lowest BCUT2D eigenvalue weighted by atomic mass is 9.95. The van der Waals surface area contributed by atoms with E-state index in [2.05, 4.69) is 0 Å². The SMILES string of the molecule is OC[C@H]1O[C@@H](O[C@H]2[C@H](O[C@@H]3O[C@H](CO)[C@@H](O[C@@H]4OC[C@@H](O)[C@H](O)[C@H]4O)[C@H](O)[C@H]3O)[C@@H](CO)OC(O)[C@@H]2O)[C@H](O)[C@@H](O)[C@@H]1O. The van der Waals surface area contributed by atoms with Gasteiger partial charge in [-0.15, -0.1) is 0 Å². The first-order chi connectivity index (χ1) is 20.3. The van der Waals surface area contributed by atoms with Gasteiger partial charge < -0.3 is 99.5 Å². The van der Waals surface area contributed by atoms with Crippen LogP contribution in [-0.2, 0) is 33.2 Å². The van der Waals surface area contributed by atoms with Crippen LogP contribution in [0.25, 0.3) is 0 Å². The van der Waals surface area contributed by atoms with Crippen LogP contribution in [0.5, 0.6) is 0 Å². The Kier molecular flexibility index (Phi) is 12.0. The van der Waals surface area contributed by atoms with Crippen LogP contribution >= 0.6 is 0 Å². The minimum atomic E-state index is -2.00. The van der Waals surface area contributed by atoms with Crippen LogP contribution in [0.1, 0.15) is 0 Å². The Morgan fingerprint density at radius 3 is 1.53 bits per heavy atom. The van der Waals surface area contributed by atoms with Crippen molar-refractivity contribution in [2.45, 2.75) is 117 Å². The maximum Gasteiger partial charge on any atom is 0.187 e. The van der Waals surface area contributed by atoms with Crippen LogP contribution in [-0.4, -0.2) is 210 Å². The quantitative estimate of drug-likeness (QED) is 0.112. The van der Waals surface area contributed by atoms with E-state index in [0.717, 1.165) is 0 Å². The molecule has 43 heavy (non-hydrogen) atoms. The van der Waals surface area contributed by atoms with Crippen LogP contribution in [0.15, 0.2) is 0 Å². The Morgan fingerprint density at radius 2 is 0.930 bits per heavy atom. The molecule has 4 aliphatic heterocycles. The third kappa shape index (κ3) is 7.13. The molecule has 4 heterocycles. The molecule has 13 N–H and O–H groups in total. The zero-order valence-electron chi connectivity index (χ0n) is 22.5. The molecule has 1 unspecified atom stereocenters. The topological polar surface area (TPSA) is 328 Å². The molecule has 20 heteroatoms. The number of hydrogen-bond acceptors (Lipinski definition) is 20. The molecule has 0 aromatic heterocycles. The molecule has 252 valence electrons. The molecule has 4 aliphatic rings. The molecular formula is C23H40O20. The van der Waals surface area contributed by atoms with E-state index in [1.165, 1.54) is 0 Å². The van der Waals surface area contributed by atoms with Crippen molar-refractivity contribution in [1.82, 2.24) is 0 Å². The van der Waals surface area contributed by atoms with Gasteiger partial charge in [0.1, 0.15) is 91.6 Å². The van der Waals surface area contributed by atoms with Gasteiger partial charge in [-0.25, -0.2) is 0 Å². The highest BCUT2D eigenvalue weighted by atomic mass is 16.8. The molecule has 20 nitrogen and oxygen atoms in total. The smallest absolute Gasteiger partial charge is 0.187 e. The summed E-state index contributed by atoms with van der Waals surface area (Å²) < 4.78 is 37.9. The van der Waals surface area contributed by atoms with Crippen molar-refractivity contribution in [3.8, 4) is 0 Å². The fourth-order valence-corrected chi connectivity index (χ4v) is 5.25. The van der Waals surface area contributed by atoms with Gasteiger partial charge in [0.25, 0.3) is 0 Å². The fourth-order valence-electron chi connectivity index (χ4n) is 5.25. The highest BCUT2D eigenvalue weighted by Crippen LogP contribution is 2.34. The van der Waals surface area contributed by atoms with E-state index >= 15 is 0 Å². The molecule has 0 saturated carbocycles. The average Bonchev–Trinajstić information content (AvgIpc) is 2.99. The second kappa shape index (κ2) is 14.7. The predicted octanol–water partition coefficient (Wildman–Crippen LogP) is -9.11. The van der Waals surface area contributed by atoms with Gasteiger partial charge in [-0.1, -0.05) is 0 Å². The van der Waals surface area contributed by atoms with Crippen molar-refractivity contribution in [2.24, 2.45) is 0 Å². The van der Waals surface area contributed by atoms with E-state index in [0.29, 0.717) is 0 Å². The zero-order chi connectivity index (χ0) is 31.7. The molecular weight excluding hydrogens is 596 g/mol. The van der Waals surface area contributed by atoms with Gasteiger partial charge >= 0.3 is 0 Å². The first kappa shape index (κ1) is 35.1. The van der Waals surface area contributed by atoms with Crippen molar-refractivity contribution < 1.29 is 99.5 Å². The highest BCUT2D eigenvalue weighted by molar-refractivity contribution is 4.97. The van der Waals surface area contributed by atoms with Crippen molar-refractivity contribution in [1.29, 1.82) is 0 Å². The summed E-state index contributed by atoms with van der Waals surface area (Å²) in [6.07, 6.45) is -33.1. The number of rotatable bonds is 9. The van der Waals surface area contributed by atoms with Gasteiger partial charge in [0.15, 0.2) is 25.2 Å². The van der Waals surface area contributed by atoms with E-state index < -0.39 is 143 Å². The first-order valence-electron chi connectivity index (χ1n) is 13.5. The summed E-state index contributed by atoms with van der Waals surface area (Å²) in [5.41, 5.74) is 0. The van der Waals surface area contributed by atoms with Crippen LogP contribution in [0.3, 0.4) is 0 Å². The van der Waals surface area contributed by atoms with Crippen LogP contribution in [0, 0.1) is 0 Å². The standard InChI is InChI=1S/C23H40O20/c24-1-6-10(29)11(30)14(33)22(39-6)43-19-16(35)20(36)38-8(3-26)18(19)42-23-15(34)12(31)17(7(2-25)40-23)41-21-13(32)9(28)5(27)4-37-21/h5-36H,1-4H2/t5-,6-,7-,8-,9+,10-,11+,12-,13-,14-,15-,16-,17-,18-,19-,20?,21+,22+,23+/m1/s1. The first-order valence-corrected chi connectivity index (χ1v) is 13.5. The fraction of sp³-hybridized carbons (Fsp3) is 1.00. The van der Waals surface area contributed by atoms with Gasteiger partial charge in [0, 0.05) is 0 Å². The maximum atomic E-state index is 10.8. The summed E-state index contributed by atoms with van der Waals surface area (Å²) in [4.78, 5) is 0. The lowest BCUT2D eigenvalue weighted by Gasteiger charge is -2.49. The molecule has 4 rings (SSSR count). The second-order valence-electron chi connectivity index (χ2n) is 10.7. The maximum absolute atomic E-state index is 10.8. The predicted molar refractivity (Wildman–Crippen MR) is 128 cm³/mol. The summed E-state index contributed by atoms with van der Waals surface area (Å²) in [7, 11) is 0. The average molecular weight is 637 g/mol. The van der Waals surface area contributed by atoms with Gasteiger partial charge in [-0.2, -0.15) is 0 Å². The molecule has 19 atom stereocenters. The van der Waals surface area contributed by atoms with E-state index in [4.69, 9.17) is 33.2 Å². The van der Waals surface area contributed by atoms with E-state index in [1.54, 1.807) is 0 Å². The van der Waals surface area contributed by atoms with Gasteiger partial charge in [0.05, 0.1) is 26.4 Å². The molecule has 0 bridgehead atoms. The summed E-state index contributed by atoms with van der Waals surface area (Å²) in [5, 5.41) is 132.